The van der Waals surface area contributed by atoms with Gasteiger partial charge in [0.15, 0.2) is 11.6 Å². The Morgan fingerprint density at radius 2 is 1.89 bits per heavy atom. The molecule has 5 heteroatoms. The normalized spacial score (nSPS) is 12.3. The molecule has 0 aliphatic rings. The lowest BCUT2D eigenvalue weighted by molar-refractivity contribution is 0.386. The van der Waals surface area contributed by atoms with Gasteiger partial charge >= 0.3 is 0 Å². The number of methoxy groups -OCH3 is 1. The van der Waals surface area contributed by atoms with Gasteiger partial charge in [-0.05, 0) is 35.4 Å². The number of benzene rings is 2. The predicted octanol–water partition coefficient (Wildman–Crippen LogP) is 5.69. The van der Waals surface area contributed by atoms with Crippen LogP contribution >= 0.6 is 43.5 Å². The maximum absolute atomic E-state index is 13.7. The average molecular weight is 408 g/mol. The van der Waals surface area contributed by atoms with E-state index in [0.29, 0.717) is 5.56 Å². The summed E-state index contributed by atoms with van der Waals surface area (Å²) in [6.07, 6.45) is 0. The van der Waals surface area contributed by atoms with Gasteiger partial charge in [0.25, 0.3) is 0 Å². The Hall–Kier alpha value is -0.580. The first-order valence-electron chi connectivity index (χ1n) is 5.45. The highest BCUT2D eigenvalue weighted by Crippen LogP contribution is 2.36. The van der Waals surface area contributed by atoms with Gasteiger partial charge in [0.05, 0.1) is 12.5 Å². The minimum absolute atomic E-state index is 0.211. The Kier molecular flexibility index (Phi) is 4.87. The van der Waals surface area contributed by atoms with Crippen LogP contribution < -0.4 is 4.74 Å². The molecule has 0 saturated heterocycles. The van der Waals surface area contributed by atoms with E-state index in [1.54, 1.807) is 12.1 Å². The van der Waals surface area contributed by atoms with Gasteiger partial charge in [-0.15, -0.1) is 11.6 Å². The van der Waals surface area contributed by atoms with Crippen molar-refractivity contribution in [3.63, 3.8) is 0 Å². The van der Waals surface area contributed by atoms with E-state index in [0.717, 1.165) is 14.5 Å². The van der Waals surface area contributed by atoms with Gasteiger partial charge in [-0.2, -0.15) is 0 Å². The van der Waals surface area contributed by atoms with E-state index in [1.165, 1.54) is 13.2 Å². The predicted molar refractivity (Wildman–Crippen MR) is 82.5 cm³/mol. The molecule has 0 fully saturated rings. The van der Waals surface area contributed by atoms with Gasteiger partial charge in [-0.25, -0.2) is 4.39 Å². The van der Waals surface area contributed by atoms with Crippen molar-refractivity contribution in [2.45, 2.75) is 5.38 Å². The Labute approximate surface area is 133 Å². The second-order valence-electron chi connectivity index (χ2n) is 3.92. The summed E-state index contributed by atoms with van der Waals surface area (Å²) in [5, 5.41) is -0.428. The van der Waals surface area contributed by atoms with E-state index in [-0.39, 0.29) is 5.75 Å². The lowest BCUT2D eigenvalue weighted by Crippen LogP contribution is -1.97. The van der Waals surface area contributed by atoms with Crippen molar-refractivity contribution in [1.29, 1.82) is 0 Å². The molecule has 0 spiro atoms. The third kappa shape index (κ3) is 3.30. The van der Waals surface area contributed by atoms with Crippen LogP contribution in [0, 0.1) is 5.82 Å². The summed E-state index contributed by atoms with van der Waals surface area (Å²) >= 11 is 13.2. The molecule has 1 nitrogen and oxygen atoms in total. The second-order valence-corrected chi connectivity index (χ2v) is 6.13. The molecule has 1 atom stereocenters. The molecule has 0 saturated carbocycles. The molecule has 2 aromatic carbocycles. The molecule has 0 aliphatic heterocycles. The fourth-order valence-corrected chi connectivity index (χ4v) is 3.46. The first-order chi connectivity index (χ1) is 9.02. The first-order valence-corrected chi connectivity index (χ1v) is 7.47. The molecule has 1 unspecified atom stereocenters. The van der Waals surface area contributed by atoms with Crippen LogP contribution in [0.25, 0.3) is 0 Å². The molecule has 100 valence electrons. The third-order valence-corrected chi connectivity index (χ3v) is 4.37. The zero-order valence-corrected chi connectivity index (χ0v) is 13.9. The van der Waals surface area contributed by atoms with Gasteiger partial charge in [0.2, 0.25) is 0 Å². The number of ether oxygens (including phenoxy) is 1. The largest absolute Gasteiger partial charge is 0.494 e. The lowest BCUT2D eigenvalue weighted by Gasteiger charge is -2.13. The molecule has 0 N–H and O–H groups in total. The smallest absolute Gasteiger partial charge is 0.165 e. The van der Waals surface area contributed by atoms with Crippen LogP contribution in [0.15, 0.2) is 45.3 Å². The summed E-state index contributed by atoms with van der Waals surface area (Å²) < 4.78 is 20.4. The van der Waals surface area contributed by atoms with Crippen LogP contribution in [-0.4, -0.2) is 7.11 Å². The molecule has 0 heterocycles. The zero-order valence-electron chi connectivity index (χ0n) is 9.96. The van der Waals surface area contributed by atoms with Gasteiger partial charge in [-0.1, -0.05) is 44.0 Å². The van der Waals surface area contributed by atoms with E-state index in [1.807, 2.05) is 18.2 Å². The number of alkyl halides is 1. The lowest BCUT2D eigenvalue weighted by atomic mass is 10.0. The van der Waals surface area contributed by atoms with Crippen LogP contribution in [0.1, 0.15) is 16.5 Å². The Morgan fingerprint density at radius 3 is 2.47 bits per heavy atom. The number of hydrogen-bond acceptors (Lipinski definition) is 1. The van der Waals surface area contributed by atoms with Crippen molar-refractivity contribution >= 4 is 43.5 Å². The van der Waals surface area contributed by atoms with E-state index < -0.39 is 11.2 Å². The van der Waals surface area contributed by atoms with Gasteiger partial charge in [-0.3, -0.25) is 0 Å². The maximum atomic E-state index is 13.7. The van der Waals surface area contributed by atoms with Crippen molar-refractivity contribution < 1.29 is 9.13 Å². The van der Waals surface area contributed by atoms with Crippen LogP contribution in [0.4, 0.5) is 4.39 Å². The highest BCUT2D eigenvalue weighted by molar-refractivity contribution is 9.11. The SMILES string of the molecule is COc1ccc(C(Cl)c2ccc(Br)cc2Br)cc1F. The summed E-state index contributed by atoms with van der Waals surface area (Å²) in [6, 6.07) is 10.4. The third-order valence-electron chi connectivity index (χ3n) is 2.70. The van der Waals surface area contributed by atoms with Crippen molar-refractivity contribution in [2.75, 3.05) is 7.11 Å². The molecule has 0 aliphatic carbocycles. The van der Waals surface area contributed by atoms with Crippen molar-refractivity contribution in [3.8, 4) is 5.75 Å². The molecule has 0 radical (unpaired) electrons. The average Bonchev–Trinajstić information content (AvgIpc) is 2.38. The minimum Gasteiger partial charge on any atom is -0.494 e. The molecular weight excluding hydrogens is 398 g/mol. The molecule has 19 heavy (non-hydrogen) atoms. The molecular formula is C14H10Br2ClFO. The highest BCUT2D eigenvalue weighted by atomic mass is 79.9. The van der Waals surface area contributed by atoms with E-state index in [2.05, 4.69) is 31.9 Å². The van der Waals surface area contributed by atoms with Gasteiger partial charge < -0.3 is 4.74 Å². The number of hydrogen-bond donors (Lipinski definition) is 0. The number of halogens is 4. The van der Waals surface area contributed by atoms with Crippen molar-refractivity contribution in [1.82, 2.24) is 0 Å². The minimum atomic E-state index is -0.428. The molecule has 0 aromatic heterocycles. The number of rotatable bonds is 3. The van der Waals surface area contributed by atoms with Crippen LogP contribution in [0.5, 0.6) is 5.75 Å². The monoisotopic (exact) mass is 406 g/mol. The Balaban J connectivity index is 2.38. The summed E-state index contributed by atoms with van der Waals surface area (Å²) in [5.41, 5.74) is 1.57. The second kappa shape index (κ2) is 6.25. The van der Waals surface area contributed by atoms with Crippen LogP contribution in [0.3, 0.4) is 0 Å². The van der Waals surface area contributed by atoms with E-state index >= 15 is 0 Å². The zero-order chi connectivity index (χ0) is 14.0. The fourth-order valence-electron chi connectivity index (χ4n) is 1.73. The van der Waals surface area contributed by atoms with Crippen molar-refractivity contribution in [2.24, 2.45) is 0 Å². The summed E-state index contributed by atoms with van der Waals surface area (Å²) in [4.78, 5) is 0. The molecule has 0 amide bonds. The van der Waals surface area contributed by atoms with E-state index in [9.17, 15) is 4.39 Å². The fraction of sp³-hybridized carbons (Fsp3) is 0.143. The first kappa shape index (κ1) is 14.8. The molecule has 0 bridgehead atoms. The molecule has 2 rings (SSSR count). The van der Waals surface area contributed by atoms with Gasteiger partial charge in [0, 0.05) is 8.95 Å². The van der Waals surface area contributed by atoms with Gasteiger partial charge in [0.1, 0.15) is 0 Å². The Morgan fingerprint density at radius 1 is 1.16 bits per heavy atom. The Bertz CT molecular complexity index is 604. The van der Waals surface area contributed by atoms with E-state index in [4.69, 9.17) is 16.3 Å². The summed E-state index contributed by atoms with van der Waals surface area (Å²) in [5.74, 6) is -0.207. The molecule has 2 aromatic rings. The quantitative estimate of drug-likeness (QED) is 0.593. The maximum Gasteiger partial charge on any atom is 0.165 e. The highest BCUT2D eigenvalue weighted by Gasteiger charge is 2.16. The topological polar surface area (TPSA) is 9.23 Å². The summed E-state index contributed by atoms with van der Waals surface area (Å²) in [7, 11) is 1.43. The van der Waals surface area contributed by atoms with Crippen LogP contribution in [-0.2, 0) is 0 Å². The van der Waals surface area contributed by atoms with Crippen LogP contribution in [0.2, 0.25) is 0 Å². The summed E-state index contributed by atoms with van der Waals surface area (Å²) in [6.45, 7) is 0. The standard InChI is InChI=1S/C14H10Br2ClFO/c1-19-13-5-2-8(6-12(13)18)14(17)10-4-3-9(15)7-11(10)16/h2-7,14H,1H3. The van der Waals surface area contributed by atoms with Crippen molar-refractivity contribution in [3.05, 3.63) is 62.3 Å².